The van der Waals surface area contributed by atoms with Crippen LogP contribution in [0.15, 0.2) is 12.3 Å². The molecule has 0 saturated carbocycles. The van der Waals surface area contributed by atoms with Crippen molar-refractivity contribution in [1.82, 2.24) is 15.1 Å². The molecule has 0 atom stereocenters. The Kier molecular flexibility index (Phi) is 6.56. The van der Waals surface area contributed by atoms with E-state index in [0.29, 0.717) is 6.04 Å². The molecular weight excluding hydrogens is 234 g/mol. The molecule has 0 bridgehead atoms. The molecule has 0 aliphatic rings. The zero-order valence-corrected chi connectivity index (χ0v) is 13.4. The van der Waals surface area contributed by atoms with Crippen molar-refractivity contribution >= 4 is 0 Å². The van der Waals surface area contributed by atoms with Crippen molar-refractivity contribution < 1.29 is 0 Å². The van der Waals surface area contributed by atoms with Crippen LogP contribution in [0.3, 0.4) is 0 Å². The number of nitrogens with one attached hydrogen (secondary N) is 1. The first-order valence-corrected chi connectivity index (χ1v) is 7.75. The molecule has 0 saturated heterocycles. The van der Waals surface area contributed by atoms with Gasteiger partial charge in [0.05, 0.1) is 11.7 Å². The Bertz CT molecular complexity index is 345. The van der Waals surface area contributed by atoms with Crippen LogP contribution in [0.4, 0.5) is 0 Å². The summed E-state index contributed by atoms with van der Waals surface area (Å²) >= 11 is 0. The molecular formula is C16H31N3. The first-order chi connectivity index (χ1) is 8.96. The SMILES string of the molecule is CCC(CC)n1ccc(CCCCNC(C)(C)C)n1. The Morgan fingerprint density at radius 2 is 1.89 bits per heavy atom. The molecule has 0 radical (unpaired) electrons. The van der Waals surface area contributed by atoms with E-state index in [1.165, 1.54) is 18.5 Å². The van der Waals surface area contributed by atoms with Crippen LogP contribution >= 0.6 is 0 Å². The Balaban J connectivity index is 2.27. The van der Waals surface area contributed by atoms with Gasteiger partial charge in [-0.3, -0.25) is 4.68 Å². The van der Waals surface area contributed by atoms with Gasteiger partial charge >= 0.3 is 0 Å². The minimum Gasteiger partial charge on any atom is -0.312 e. The number of hydrogen-bond donors (Lipinski definition) is 1. The van der Waals surface area contributed by atoms with Crippen molar-refractivity contribution in [3.8, 4) is 0 Å². The molecule has 0 aliphatic carbocycles. The van der Waals surface area contributed by atoms with Crippen LogP contribution in [0.5, 0.6) is 0 Å². The van der Waals surface area contributed by atoms with Crippen LogP contribution in [-0.2, 0) is 6.42 Å². The lowest BCUT2D eigenvalue weighted by Crippen LogP contribution is -2.36. The third-order valence-corrected chi connectivity index (χ3v) is 3.50. The molecule has 0 aromatic carbocycles. The minimum atomic E-state index is 0.233. The maximum Gasteiger partial charge on any atom is 0.0624 e. The smallest absolute Gasteiger partial charge is 0.0624 e. The lowest BCUT2D eigenvalue weighted by Gasteiger charge is -2.20. The summed E-state index contributed by atoms with van der Waals surface area (Å²) in [5.41, 5.74) is 1.47. The first-order valence-electron chi connectivity index (χ1n) is 7.75. The normalized spacial score (nSPS) is 12.3. The van der Waals surface area contributed by atoms with Crippen molar-refractivity contribution in [2.24, 2.45) is 0 Å². The molecule has 1 heterocycles. The average molecular weight is 265 g/mol. The highest BCUT2D eigenvalue weighted by atomic mass is 15.3. The summed E-state index contributed by atoms with van der Waals surface area (Å²) in [6, 6.07) is 2.74. The second-order valence-electron chi connectivity index (χ2n) is 6.39. The molecule has 0 aliphatic heterocycles. The first kappa shape index (κ1) is 16.2. The maximum atomic E-state index is 4.69. The van der Waals surface area contributed by atoms with E-state index in [1.807, 2.05) is 0 Å². The van der Waals surface area contributed by atoms with Crippen molar-refractivity contribution in [2.75, 3.05) is 6.54 Å². The van der Waals surface area contributed by atoms with Gasteiger partial charge in [0, 0.05) is 11.7 Å². The van der Waals surface area contributed by atoms with Crippen molar-refractivity contribution in [3.05, 3.63) is 18.0 Å². The number of aromatic nitrogens is 2. The van der Waals surface area contributed by atoms with Gasteiger partial charge in [-0.2, -0.15) is 5.10 Å². The quantitative estimate of drug-likeness (QED) is 0.721. The van der Waals surface area contributed by atoms with Crippen LogP contribution in [0.25, 0.3) is 0 Å². The molecule has 3 heteroatoms. The summed E-state index contributed by atoms with van der Waals surface area (Å²) in [7, 11) is 0. The van der Waals surface area contributed by atoms with E-state index >= 15 is 0 Å². The third-order valence-electron chi connectivity index (χ3n) is 3.50. The maximum absolute atomic E-state index is 4.69. The van der Waals surface area contributed by atoms with E-state index in [2.05, 4.69) is 56.9 Å². The fraction of sp³-hybridized carbons (Fsp3) is 0.812. The zero-order valence-electron chi connectivity index (χ0n) is 13.4. The predicted molar refractivity (Wildman–Crippen MR) is 82.5 cm³/mol. The fourth-order valence-electron chi connectivity index (χ4n) is 2.27. The highest BCUT2D eigenvalue weighted by Gasteiger charge is 2.09. The Labute approximate surface area is 118 Å². The summed E-state index contributed by atoms with van der Waals surface area (Å²) in [6.07, 6.45) is 7.98. The molecule has 1 aromatic rings. The topological polar surface area (TPSA) is 29.9 Å². The lowest BCUT2D eigenvalue weighted by atomic mass is 10.1. The van der Waals surface area contributed by atoms with Crippen LogP contribution in [0.1, 0.15) is 72.0 Å². The molecule has 19 heavy (non-hydrogen) atoms. The number of nitrogens with zero attached hydrogens (tertiary/aromatic N) is 2. The molecule has 1 N–H and O–H groups in total. The van der Waals surface area contributed by atoms with Crippen LogP contribution in [0.2, 0.25) is 0 Å². The van der Waals surface area contributed by atoms with Gasteiger partial charge in [-0.1, -0.05) is 13.8 Å². The van der Waals surface area contributed by atoms with Gasteiger partial charge < -0.3 is 5.32 Å². The second-order valence-corrected chi connectivity index (χ2v) is 6.39. The summed E-state index contributed by atoms with van der Waals surface area (Å²) < 4.78 is 2.14. The Morgan fingerprint density at radius 3 is 2.47 bits per heavy atom. The summed E-state index contributed by atoms with van der Waals surface area (Å²) in [5, 5.41) is 8.22. The summed E-state index contributed by atoms with van der Waals surface area (Å²) in [6.45, 7) is 12.2. The van der Waals surface area contributed by atoms with E-state index in [0.717, 1.165) is 25.8 Å². The van der Waals surface area contributed by atoms with Crippen LogP contribution in [-0.4, -0.2) is 21.9 Å². The van der Waals surface area contributed by atoms with E-state index in [-0.39, 0.29) is 5.54 Å². The molecule has 110 valence electrons. The second kappa shape index (κ2) is 7.68. The number of unbranched alkanes of at least 4 members (excludes halogenated alkanes) is 1. The number of hydrogen-bond acceptors (Lipinski definition) is 2. The average Bonchev–Trinajstić information content (AvgIpc) is 2.77. The van der Waals surface area contributed by atoms with E-state index in [9.17, 15) is 0 Å². The van der Waals surface area contributed by atoms with Gasteiger partial charge in [-0.25, -0.2) is 0 Å². The van der Waals surface area contributed by atoms with Crippen molar-refractivity contribution in [3.63, 3.8) is 0 Å². The highest BCUT2D eigenvalue weighted by Crippen LogP contribution is 2.15. The van der Waals surface area contributed by atoms with E-state index in [1.54, 1.807) is 0 Å². The summed E-state index contributed by atoms with van der Waals surface area (Å²) in [5.74, 6) is 0. The number of aryl methyl sites for hydroxylation is 1. The van der Waals surface area contributed by atoms with Gasteiger partial charge in [0.15, 0.2) is 0 Å². The van der Waals surface area contributed by atoms with Gasteiger partial charge in [0.25, 0.3) is 0 Å². The fourth-order valence-corrected chi connectivity index (χ4v) is 2.27. The van der Waals surface area contributed by atoms with Gasteiger partial charge in [0.1, 0.15) is 0 Å². The molecule has 1 aromatic heterocycles. The van der Waals surface area contributed by atoms with Crippen LogP contribution in [0, 0.1) is 0 Å². The van der Waals surface area contributed by atoms with Gasteiger partial charge in [-0.15, -0.1) is 0 Å². The largest absolute Gasteiger partial charge is 0.312 e. The number of rotatable bonds is 8. The molecule has 0 amide bonds. The van der Waals surface area contributed by atoms with E-state index in [4.69, 9.17) is 5.10 Å². The lowest BCUT2D eigenvalue weighted by molar-refractivity contribution is 0.415. The molecule has 3 nitrogen and oxygen atoms in total. The van der Waals surface area contributed by atoms with Crippen molar-refractivity contribution in [1.29, 1.82) is 0 Å². The monoisotopic (exact) mass is 265 g/mol. The van der Waals surface area contributed by atoms with E-state index < -0.39 is 0 Å². The van der Waals surface area contributed by atoms with Gasteiger partial charge in [-0.05, 0) is 65.5 Å². The minimum absolute atomic E-state index is 0.233. The van der Waals surface area contributed by atoms with Gasteiger partial charge in [0.2, 0.25) is 0 Å². The summed E-state index contributed by atoms with van der Waals surface area (Å²) in [4.78, 5) is 0. The Morgan fingerprint density at radius 1 is 1.21 bits per heavy atom. The highest BCUT2D eigenvalue weighted by molar-refractivity contribution is 4.99. The molecule has 1 rings (SSSR count). The molecule has 0 spiro atoms. The predicted octanol–water partition coefficient (Wildman–Crippen LogP) is 3.96. The zero-order chi connectivity index (χ0) is 14.3. The molecule has 0 fully saturated rings. The van der Waals surface area contributed by atoms with Crippen LogP contribution < -0.4 is 5.32 Å². The third kappa shape index (κ3) is 6.24. The molecule has 0 unspecified atom stereocenters. The standard InChI is InChI=1S/C16H31N3/c1-6-15(7-2)19-13-11-14(18-19)10-8-9-12-17-16(3,4)5/h11,13,15,17H,6-10,12H2,1-5H3. The van der Waals surface area contributed by atoms with Crippen molar-refractivity contribution in [2.45, 2.75) is 78.3 Å². The Hall–Kier alpha value is -0.830.